The Balaban J connectivity index is 1.51. The zero-order valence-corrected chi connectivity index (χ0v) is 31.5. The number of carbonyl (C=O) groups is 3. The minimum absolute atomic E-state index is 0.0218. The fourth-order valence-electron chi connectivity index (χ4n) is 7.51. The van der Waals surface area contributed by atoms with Crippen LogP contribution in [-0.4, -0.2) is 103 Å². The van der Waals surface area contributed by atoms with Crippen molar-refractivity contribution in [2.24, 2.45) is 5.41 Å². The van der Waals surface area contributed by atoms with E-state index in [9.17, 15) is 24.6 Å². The zero-order valence-electron chi connectivity index (χ0n) is 31.5. The van der Waals surface area contributed by atoms with Gasteiger partial charge in [0.2, 0.25) is 5.79 Å². The van der Waals surface area contributed by atoms with Crippen LogP contribution in [0.25, 0.3) is 0 Å². The van der Waals surface area contributed by atoms with Gasteiger partial charge in [-0.05, 0) is 62.7 Å². The minimum atomic E-state index is -2.24. The number of carbonyl (C=O) groups excluding carboxylic acids is 3. The molecule has 3 saturated heterocycles. The maximum Gasteiger partial charge on any atom is 0.330 e. The predicted octanol–water partition coefficient (Wildman–Crippen LogP) is 4.60. The van der Waals surface area contributed by atoms with Gasteiger partial charge in [0, 0.05) is 31.3 Å². The molecule has 0 spiro atoms. The van der Waals surface area contributed by atoms with E-state index < -0.39 is 65.9 Å². The summed E-state index contributed by atoms with van der Waals surface area (Å²) < 4.78 is 48.0. The van der Waals surface area contributed by atoms with E-state index in [1.54, 1.807) is 32.9 Å². The molecule has 1 aromatic rings. The highest BCUT2D eigenvalue weighted by Gasteiger charge is 2.57. The molecule has 4 aliphatic heterocycles. The van der Waals surface area contributed by atoms with E-state index in [4.69, 9.17) is 37.9 Å². The molecule has 0 unspecified atom stereocenters. The molecule has 53 heavy (non-hydrogen) atoms. The van der Waals surface area contributed by atoms with Crippen LogP contribution >= 0.6 is 0 Å². The summed E-state index contributed by atoms with van der Waals surface area (Å²) in [5.74, 6) is -4.28. The zero-order chi connectivity index (χ0) is 38.2. The Morgan fingerprint density at radius 3 is 2.43 bits per heavy atom. The first-order valence-electron chi connectivity index (χ1n) is 18.8. The van der Waals surface area contributed by atoms with Crippen LogP contribution in [0.15, 0.2) is 54.1 Å². The average Bonchev–Trinajstić information content (AvgIpc) is 3.11. The lowest BCUT2D eigenvalue weighted by atomic mass is 9.74. The second-order valence-corrected chi connectivity index (χ2v) is 15.1. The van der Waals surface area contributed by atoms with Crippen LogP contribution in [0, 0.1) is 5.41 Å². The Labute approximate surface area is 311 Å². The van der Waals surface area contributed by atoms with Gasteiger partial charge in [-0.15, -0.1) is 0 Å². The van der Waals surface area contributed by atoms with Gasteiger partial charge in [0.05, 0.1) is 63.4 Å². The molecule has 13 heteroatoms. The van der Waals surface area contributed by atoms with Crippen LogP contribution in [0.4, 0.5) is 0 Å². The van der Waals surface area contributed by atoms with Crippen molar-refractivity contribution in [2.45, 2.75) is 153 Å². The lowest BCUT2D eigenvalue weighted by Crippen LogP contribution is -2.62. The lowest BCUT2D eigenvalue weighted by Gasteiger charge is -2.51. The third-order valence-corrected chi connectivity index (χ3v) is 10.5. The molecule has 4 heterocycles. The number of fused-ring (bicyclic) bond motifs is 6. The van der Waals surface area contributed by atoms with E-state index in [-0.39, 0.29) is 56.2 Å². The Morgan fingerprint density at radius 1 is 1.00 bits per heavy atom. The summed E-state index contributed by atoms with van der Waals surface area (Å²) in [6, 6.07) is 9.54. The van der Waals surface area contributed by atoms with Gasteiger partial charge >= 0.3 is 17.9 Å². The van der Waals surface area contributed by atoms with Gasteiger partial charge in [-0.2, -0.15) is 0 Å². The third kappa shape index (κ3) is 11.2. The predicted molar refractivity (Wildman–Crippen MR) is 190 cm³/mol. The molecule has 10 atom stereocenters. The molecule has 0 amide bonds. The molecular weight excluding hydrogens is 688 g/mol. The van der Waals surface area contributed by atoms with Crippen LogP contribution in [-0.2, 0) is 58.9 Å². The summed E-state index contributed by atoms with van der Waals surface area (Å²) in [5.41, 5.74) is -0.114. The first kappa shape index (κ1) is 41.0. The van der Waals surface area contributed by atoms with E-state index in [0.29, 0.717) is 19.4 Å². The number of aliphatic hydroxyl groups excluding tert-OH is 1. The monoisotopic (exact) mass is 744 g/mol. The number of rotatable bonds is 6. The maximum absolute atomic E-state index is 13.5. The van der Waals surface area contributed by atoms with Gasteiger partial charge in [-0.1, -0.05) is 50.3 Å². The second-order valence-electron chi connectivity index (χ2n) is 15.1. The van der Waals surface area contributed by atoms with Crippen molar-refractivity contribution in [3.8, 4) is 0 Å². The van der Waals surface area contributed by atoms with Crippen molar-refractivity contribution in [1.82, 2.24) is 0 Å². The largest absolute Gasteiger partial charge is 0.466 e. The normalized spacial score (nSPS) is 36.0. The molecule has 0 aliphatic carbocycles. The van der Waals surface area contributed by atoms with Gasteiger partial charge < -0.3 is 48.1 Å². The van der Waals surface area contributed by atoms with Gasteiger partial charge in [-0.25, -0.2) is 4.79 Å². The molecule has 0 aromatic heterocycles. The first-order chi connectivity index (χ1) is 25.2. The van der Waals surface area contributed by atoms with E-state index in [1.807, 2.05) is 30.3 Å². The number of hydrogen-bond donors (Lipinski definition) is 2. The fourth-order valence-corrected chi connectivity index (χ4v) is 7.51. The van der Waals surface area contributed by atoms with Crippen LogP contribution < -0.4 is 0 Å². The van der Waals surface area contributed by atoms with E-state index in [1.165, 1.54) is 20.1 Å². The molecule has 0 radical (unpaired) electrons. The summed E-state index contributed by atoms with van der Waals surface area (Å²) in [4.78, 5) is 38.6. The summed E-state index contributed by atoms with van der Waals surface area (Å²) >= 11 is 0. The van der Waals surface area contributed by atoms with Gasteiger partial charge in [0.1, 0.15) is 6.10 Å². The van der Waals surface area contributed by atoms with Crippen LogP contribution in [0.2, 0.25) is 0 Å². The second kappa shape index (κ2) is 18.4. The summed E-state index contributed by atoms with van der Waals surface area (Å²) in [6.45, 7) is 7.10. The van der Waals surface area contributed by atoms with E-state index in [2.05, 4.69) is 0 Å². The number of esters is 3. The van der Waals surface area contributed by atoms with Crippen LogP contribution in [0.1, 0.15) is 91.0 Å². The summed E-state index contributed by atoms with van der Waals surface area (Å²) in [6.07, 6.45) is 2.54. The smallest absolute Gasteiger partial charge is 0.330 e. The highest BCUT2D eigenvalue weighted by Crippen LogP contribution is 2.47. The molecule has 5 rings (SSSR count). The molecule has 6 bridgehead atoms. The Hall–Kier alpha value is -3.17. The van der Waals surface area contributed by atoms with Crippen molar-refractivity contribution in [3.63, 3.8) is 0 Å². The average molecular weight is 745 g/mol. The van der Waals surface area contributed by atoms with Crippen molar-refractivity contribution in [3.05, 3.63) is 59.7 Å². The minimum Gasteiger partial charge on any atom is -0.466 e. The molecular formula is C40H56O13. The summed E-state index contributed by atoms with van der Waals surface area (Å²) in [5, 5.41) is 23.7. The molecule has 2 N–H and O–H groups in total. The van der Waals surface area contributed by atoms with Crippen LogP contribution in [0.5, 0.6) is 0 Å². The number of ether oxygens (including phenoxy) is 8. The highest BCUT2D eigenvalue weighted by molar-refractivity contribution is 5.83. The fraction of sp³-hybridized carbons (Fsp3) is 0.675. The number of benzene rings is 1. The molecule has 13 nitrogen and oxygen atoms in total. The SMILES string of the molecule is COC(=O)/C=C1\C[C@H]2C[C@H]([C@@H](C)OCc3ccccc3)OC(=O)C[C@H](O)C[C@@H]3CCC[C@H](C[C@@H]4CCO[C@H](/C=C/C(C)(C)[C@](O)(O2)[C@H]1OC(C)=O)O4)O3. The van der Waals surface area contributed by atoms with Crippen molar-refractivity contribution in [2.75, 3.05) is 13.7 Å². The van der Waals surface area contributed by atoms with E-state index in [0.717, 1.165) is 24.8 Å². The van der Waals surface area contributed by atoms with Crippen molar-refractivity contribution < 1.29 is 62.5 Å². The topological polar surface area (TPSA) is 166 Å². The van der Waals surface area contributed by atoms with Gasteiger partial charge in [-0.3, -0.25) is 9.59 Å². The molecule has 294 valence electrons. The Kier molecular flexibility index (Phi) is 14.3. The Morgan fingerprint density at radius 2 is 1.72 bits per heavy atom. The van der Waals surface area contributed by atoms with Gasteiger partial charge in [0.25, 0.3) is 0 Å². The first-order valence-corrected chi connectivity index (χ1v) is 18.8. The van der Waals surface area contributed by atoms with Crippen LogP contribution in [0.3, 0.4) is 0 Å². The molecule has 1 aromatic carbocycles. The molecule has 4 aliphatic rings. The quantitative estimate of drug-likeness (QED) is 0.180. The molecule has 3 fully saturated rings. The third-order valence-electron chi connectivity index (χ3n) is 10.5. The number of methoxy groups -OCH3 is 1. The Bertz CT molecular complexity index is 1440. The summed E-state index contributed by atoms with van der Waals surface area (Å²) in [7, 11) is 1.22. The lowest BCUT2D eigenvalue weighted by molar-refractivity contribution is -0.327. The van der Waals surface area contributed by atoms with E-state index >= 15 is 0 Å². The van der Waals surface area contributed by atoms with Crippen molar-refractivity contribution in [1.29, 1.82) is 0 Å². The number of cyclic esters (lactones) is 1. The standard InChI is InChI=1S/C40H56O13/c1-25(48-24-27-10-7-6-8-11-27)34-23-33-18-28(19-35(43)46-5)38(49-26(2)41)40(45,53-33)39(3,4)16-14-37-47-17-15-32(51-37)22-31-13-9-12-30(50-31)20-29(42)21-36(44)52-34/h6-8,10-11,14,16,19,25,29-34,37-38,42,45H,9,12-13,15,17-18,20-24H2,1-5H3/b16-14+,28-19+/t25-,29-,30+,31-,32+,33+,34-,37+,38+,40-/m1/s1. The van der Waals surface area contributed by atoms with Gasteiger partial charge in [0.15, 0.2) is 12.4 Å². The maximum atomic E-state index is 13.5. The van der Waals surface area contributed by atoms with Crippen molar-refractivity contribution >= 4 is 17.9 Å². The number of hydrogen-bond acceptors (Lipinski definition) is 13. The molecule has 0 saturated carbocycles. The number of aliphatic hydroxyl groups is 2. The highest BCUT2D eigenvalue weighted by atomic mass is 16.7.